The van der Waals surface area contributed by atoms with Crippen LogP contribution in [0.3, 0.4) is 0 Å². The number of benzene rings is 2. The Kier molecular flexibility index (Phi) is 5.29. The van der Waals surface area contributed by atoms with E-state index in [1.807, 2.05) is 48.2 Å². The molecule has 1 saturated heterocycles. The summed E-state index contributed by atoms with van der Waals surface area (Å²) in [6.07, 6.45) is 0. The Hall–Kier alpha value is -1.82. The number of anilines is 1. The van der Waals surface area contributed by atoms with E-state index in [2.05, 4.69) is 15.1 Å². The number of nitrogens with zero attached hydrogens (tertiary/aromatic N) is 4. The van der Waals surface area contributed by atoms with Gasteiger partial charge in [-0.25, -0.2) is 4.98 Å². The summed E-state index contributed by atoms with van der Waals surface area (Å²) in [4.78, 5) is 7.13. The molecule has 132 valence electrons. The molecule has 2 heterocycles. The van der Waals surface area contributed by atoms with Gasteiger partial charge in [-0.05, 0) is 18.2 Å². The Morgan fingerprint density at radius 3 is 2.42 bits per heavy atom. The first kappa shape index (κ1) is 17.6. The average molecular weight is 403 g/mol. The van der Waals surface area contributed by atoms with Gasteiger partial charge in [-0.15, -0.1) is 10.2 Å². The highest BCUT2D eigenvalue weighted by atomic mass is 35.5. The molecule has 1 fully saturated rings. The average Bonchev–Trinajstić information content (AvgIpc) is 2.69. The second kappa shape index (κ2) is 7.82. The van der Waals surface area contributed by atoms with Gasteiger partial charge in [-0.2, -0.15) is 11.8 Å². The van der Waals surface area contributed by atoms with E-state index in [1.54, 1.807) is 12.1 Å². The monoisotopic (exact) mass is 402 g/mol. The Balaban J connectivity index is 1.83. The first-order valence-corrected chi connectivity index (χ1v) is 10.2. The van der Waals surface area contributed by atoms with E-state index >= 15 is 0 Å². The van der Waals surface area contributed by atoms with Gasteiger partial charge in [0.1, 0.15) is 5.69 Å². The molecule has 0 bridgehead atoms. The van der Waals surface area contributed by atoms with Gasteiger partial charge in [-0.1, -0.05) is 53.5 Å². The summed E-state index contributed by atoms with van der Waals surface area (Å²) >= 11 is 14.3. The van der Waals surface area contributed by atoms with Gasteiger partial charge in [0.2, 0.25) is 0 Å². The molecule has 1 aliphatic rings. The van der Waals surface area contributed by atoms with Gasteiger partial charge in [0.15, 0.2) is 11.6 Å². The van der Waals surface area contributed by atoms with Crippen molar-refractivity contribution in [2.45, 2.75) is 0 Å². The third-order valence-electron chi connectivity index (χ3n) is 4.20. The Labute approximate surface area is 166 Å². The smallest absolute Gasteiger partial charge is 0.185 e. The molecular weight excluding hydrogens is 387 g/mol. The number of hydrogen-bond donors (Lipinski definition) is 0. The highest BCUT2D eigenvalue weighted by Gasteiger charge is 2.21. The zero-order valence-electron chi connectivity index (χ0n) is 13.9. The fourth-order valence-corrected chi connectivity index (χ4v) is 4.28. The van der Waals surface area contributed by atoms with Crippen molar-refractivity contribution in [1.29, 1.82) is 0 Å². The van der Waals surface area contributed by atoms with Gasteiger partial charge in [-0.3, -0.25) is 0 Å². The number of aromatic nitrogens is 3. The van der Waals surface area contributed by atoms with E-state index in [4.69, 9.17) is 28.2 Å². The van der Waals surface area contributed by atoms with Crippen molar-refractivity contribution in [1.82, 2.24) is 15.2 Å². The molecule has 0 atom stereocenters. The van der Waals surface area contributed by atoms with Gasteiger partial charge < -0.3 is 4.90 Å². The molecular formula is C19H16Cl2N4S. The summed E-state index contributed by atoms with van der Waals surface area (Å²) in [5.41, 5.74) is 2.54. The number of thioether (sulfide) groups is 1. The Morgan fingerprint density at radius 1 is 0.923 bits per heavy atom. The molecule has 0 saturated carbocycles. The fraction of sp³-hybridized carbons (Fsp3) is 0.211. The van der Waals surface area contributed by atoms with E-state index in [1.165, 1.54) is 0 Å². The molecule has 4 rings (SSSR count). The predicted molar refractivity (Wildman–Crippen MR) is 110 cm³/mol. The van der Waals surface area contributed by atoms with Crippen LogP contribution in [0.2, 0.25) is 10.0 Å². The minimum Gasteiger partial charge on any atom is -0.353 e. The van der Waals surface area contributed by atoms with Gasteiger partial charge in [0, 0.05) is 40.7 Å². The summed E-state index contributed by atoms with van der Waals surface area (Å²) in [7, 11) is 0. The Bertz CT molecular complexity index is 915. The van der Waals surface area contributed by atoms with Crippen LogP contribution < -0.4 is 4.90 Å². The molecule has 26 heavy (non-hydrogen) atoms. The lowest BCUT2D eigenvalue weighted by atomic mass is 10.1. The lowest BCUT2D eigenvalue weighted by Crippen LogP contribution is -2.34. The molecule has 0 aliphatic carbocycles. The first-order chi connectivity index (χ1) is 12.7. The molecule has 1 aliphatic heterocycles. The quantitative estimate of drug-likeness (QED) is 0.611. The maximum Gasteiger partial charge on any atom is 0.185 e. The molecule has 2 aromatic carbocycles. The molecule has 0 spiro atoms. The predicted octanol–water partition coefficient (Wildman–Crippen LogP) is 5.07. The second-order valence-corrected chi connectivity index (χ2v) is 7.97. The minimum atomic E-state index is 0.513. The van der Waals surface area contributed by atoms with Crippen molar-refractivity contribution in [2.75, 3.05) is 29.5 Å². The van der Waals surface area contributed by atoms with E-state index in [0.717, 1.165) is 47.2 Å². The largest absolute Gasteiger partial charge is 0.353 e. The number of rotatable bonds is 3. The van der Waals surface area contributed by atoms with Crippen LogP contribution in [-0.2, 0) is 0 Å². The van der Waals surface area contributed by atoms with Crippen LogP contribution in [-0.4, -0.2) is 39.8 Å². The van der Waals surface area contributed by atoms with E-state index in [9.17, 15) is 0 Å². The summed E-state index contributed by atoms with van der Waals surface area (Å²) in [6.45, 7) is 1.88. The molecule has 7 heteroatoms. The molecule has 0 N–H and O–H groups in total. The van der Waals surface area contributed by atoms with Gasteiger partial charge in [0.25, 0.3) is 0 Å². The molecule has 4 nitrogen and oxygen atoms in total. The van der Waals surface area contributed by atoms with Crippen LogP contribution in [0.15, 0.2) is 48.5 Å². The highest BCUT2D eigenvalue weighted by molar-refractivity contribution is 7.99. The topological polar surface area (TPSA) is 41.9 Å². The third-order valence-corrected chi connectivity index (χ3v) is 5.69. The molecule has 3 aromatic rings. The van der Waals surface area contributed by atoms with Crippen molar-refractivity contribution in [3.63, 3.8) is 0 Å². The van der Waals surface area contributed by atoms with E-state index < -0.39 is 0 Å². The maximum absolute atomic E-state index is 6.35. The van der Waals surface area contributed by atoms with Gasteiger partial charge in [0.05, 0.1) is 5.02 Å². The summed E-state index contributed by atoms with van der Waals surface area (Å²) in [5.74, 6) is 3.52. The normalized spacial score (nSPS) is 14.5. The molecule has 0 unspecified atom stereocenters. The van der Waals surface area contributed by atoms with E-state index in [0.29, 0.717) is 15.9 Å². The summed E-state index contributed by atoms with van der Waals surface area (Å²) < 4.78 is 0. The van der Waals surface area contributed by atoms with Crippen molar-refractivity contribution < 1.29 is 0 Å². The summed E-state index contributed by atoms with van der Waals surface area (Å²) in [6, 6.07) is 15.4. The van der Waals surface area contributed by atoms with Crippen molar-refractivity contribution >= 4 is 40.8 Å². The maximum atomic E-state index is 6.35. The minimum absolute atomic E-state index is 0.513. The van der Waals surface area contributed by atoms with Crippen LogP contribution in [0.4, 0.5) is 5.82 Å². The van der Waals surface area contributed by atoms with Crippen LogP contribution >= 0.6 is 35.0 Å². The van der Waals surface area contributed by atoms with Crippen LogP contribution in [0.25, 0.3) is 22.6 Å². The number of hydrogen-bond acceptors (Lipinski definition) is 5. The van der Waals surface area contributed by atoms with Crippen LogP contribution in [0.1, 0.15) is 0 Å². The van der Waals surface area contributed by atoms with Crippen molar-refractivity contribution in [3.8, 4) is 22.6 Å². The number of halogens is 2. The molecule has 0 amide bonds. The van der Waals surface area contributed by atoms with E-state index in [-0.39, 0.29) is 0 Å². The second-order valence-electron chi connectivity index (χ2n) is 5.90. The first-order valence-electron chi connectivity index (χ1n) is 8.30. The summed E-state index contributed by atoms with van der Waals surface area (Å²) in [5, 5.41) is 9.97. The van der Waals surface area contributed by atoms with Gasteiger partial charge >= 0.3 is 0 Å². The molecule has 1 aromatic heterocycles. The van der Waals surface area contributed by atoms with Crippen LogP contribution in [0.5, 0.6) is 0 Å². The lowest BCUT2D eigenvalue weighted by Gasteiger charge is -2.28. The van der Waals surface area contributed by atoms with Crippen molar-refractivity contribution in [3.05, 3.63) is 58.6 Å². The molecule has 0 radical (unpaired) electrons. The lowest BCUT2D eigenvalue weighted by molar-refractivity contribution is 0.824. The highest BCUT2D eigenvalue weighted by Crippen LogP contribution is 2.33. The Morgan fingerprint density at radius 2 is 1.69 bits per heavy atom. The zero-order chi connectivity index (χ0) is 17.9. The SMILES string of the molecule is Clc1ccc(-c2nnc(-c3ccccc3)c(N3CCSCC3)n2)c(Cl)c1. The third kappa shape index (κ3) is 3.65. The van der Waals surface area contributed by atoms with Crippen molar-refractivity contribution in [2.24, 2.45) is 0 Å². The van der Waals surface area contributed by atoms with Crippen LogP contribution in [0, 0.1) is 0 Å². The fourth-order valence-electron chi connectivity index (χ4n) is 2.88. The zero-order valence-corrected chi connectivity index (χ0v) is 16.2. The standard InChI is InChI=1S/C19H16Cl2N4S/c20-14-6-7-15(16(21)12-14)18-22-19(25-8-10-26-11-9-25)17(23-24-18)13-4-2-1-3-5-13/h1-7,12H,8-11H2.